The second-order valence-corrected chi connectivity index (χ2v) is 9.60. The first-order chi connectivity index (χ1) is 15.6. The molecule has 1 aliphatic heterocycles. The van der Waals surface area contributed by atoms with Crippen molar-refractivity contribution < 1.29 is 14.3 Å². The van der Waals surface area contributed by atoms with E-state index in [2.05, 4.69) is 44.6 Å². The number of carbonyl (C=O) groups excluding carboxylic acids is 2. The Hall–Kier alpha value is -2.94. The monoisotopic (exact) mass is 456 g/mol. The quantitative estimate of drug-likeness (QED) is 0.676. The molecule has 2 N–H and O–H groups in total. The first kappa shape index (κ1) is 24.7. The average Bonchev–Trinajstić information content (AvgIpc) is 2.78. The zero-order valence-corrected chi connectivity index (χ0v) is 20.3. The van der Waals surface area contributed by atoms with Crippen molar-refractivity contribution in [3.8, 4) is 0 Å². The molecule has 0 spiro atoms. The number of amides is 2. The van der Waals surface area contributed by atoms with E-state index in [9.17, 15) is 9.59 Å². The number of ether oxygens (including phenoxy) is 1. The number of piperazine rings is 1. The van der Waals surface area contributed by atoms with Gasteiger partial charge in [-0.05, 0) is 32.3 Å². The maximum Gasteiger partial charge on any atom is 0.408 e. The Labute approximate surface area is 196 Å². The molecule has 0 radical (unpaired) electrons. The van der Waals surface area contributed by atoms with Gasteiger partial charge in [0.1, 0.15) is 12.1 Å². The first-order valence-corrected chi connectivity index (χ1v) is 11.5. The van der Waals surface area contributed by atoms with Gasteiger partial charge in [0, 0.05) is 63.6 Å². The molecular formula is C24H36N6O3. The number of alkyl carbamates (subject to hydrolysis) is 1. The Morgan fingerprint density at radius 3 is 2.55 bits per heavy atom. The van der Waals surface area contributed by atoms with Crippen LogP contribution in [0.4, 0.5) is 10.7 Å². The van der Waals surface area contributed by atoms with Gasteiger partial charge in [0.2, 0.25) is 11.9 Å². The third kappa shape index (κ3) is 7.02. The van der Waals surface area contributed by atoms with Crippen LogP contribution >= 0.6 is 0 Å². The lowest BCUT2D eigenvalue weighted by atomic mass is 9.81. The summed E-state index contributed by atoms with van der Waals surface area (Å²) < 4.78 is 5.19. The van der Waals surface area contributed by atoms with Crippen molar-refractivity contribution in [2.75, 3.05) is 51.2 Å². The molecule has 0 bridgehead atoms. The van der Waals surface area contributed by atoms with Gasteiger partial charge in [-0.3, -0.25) is 4.79 Å². The fraction of sp³-hybridized carbons (Fsp3) is 0.583. The van der Waals surface area contributed by atoms with Crippen LogP contribution in [0.25, 0.3) is 5.57 Å². The molecular weight excluding hydrogens is 420 g/mol. The van der Waals surface area contributed by atoms with E-state index in [0.717, 1.165) is 43.3 Å². The minimum atomic E-state index is -0.600. The number of nitrogens with one attached hydrogen (secondary N) is 2. The molecule has 1 saturated heterocycles. The number of rotatable bonds is 6. The minimum Gasteiger partial charge on any atom is -0.444 e. The van der Waals surface area contributed by atoms with Crippen molar-refractivity contribution >= 4 is 23.5 Å². The van der Waals surface area contributed by atoms with Crippen molar-refractivity contribution in [1.29, 1.82) is 0 Å². The Morgan fingerprint density at radius 1 is 1.24 bits per heavy atom. The molecule has 2 atom stereocenters. The van der Waals surface area contributed by atoms with Crippen LogP contribution in [0.5, 0.6) is 0 Å². The van der Waals surface area contributed by atoms with Crippen LogP contribution in [0.3, 0.4) is 0 Å². The van der Waals surface area contributed by atoms with Crippen molar-refractivity contribution in [2.24, 2.45) is 11.8 Å². The van der Waals surface area contributed by atoms with Gasteiger partial charge in [-0.2, -0.15) is 0 Å². The lowest BCUT2D eigenvalue weighted by Crippen LogP contribution is -2.44. The number of nitrogens with zero attached hydrogens (tertiary/aromatic N) is 4. The van der Waals surface area contributed by atoms with E-state index < -0.39 is 11.7 Å². The van der Waals surface area contributed by atoms with E-state index in [-0.39, 0.29) is 24.3 Å². The Bertz CT molecular complexity index is 884. The van der Waals surface area contributed by atoms with Crippen LogP contribution in [-0.4, -0.2) is 78.8 Å². The van der Waals surface area contributed by atoms with Crippen molar-refractivity contribution in [3.05, 3.63) is 36.2 Å². The maximum absolute atomic E-state index is 12.5. The van der Waals surface area contributed by atoms with Gasteiger partial charge in [-0.15, -0.1) is 0 Å². The molecule has 3 rings (SSSR count). The standard InChI is InChI=1S/C24H36N6O3/c1-17-18(16-29(5)21(31)15-28-23(32)33-24(2,3)4)7-6-8-20(17)19-13-26-22(27-14-19)30-11-9-25-10-12-30/h6-8,13-14,17-18,25H,9-12,15-16H2,1-5H3,(H,28,32). The maximum atomic E-state index is 12.5. The lowest BCUT2D eigenvalue weighted by molar-refractivity contribution is -0.129. The summed E-state index contributed by atoms with van der Waals surface area (Å²) in [4.78, 5) is 37.4. The minimum absolute atomic E-state index is 0.0970. The Balaban J connectivity index is 1.55. The summed E-state index contributed by atoms with van der Waals surface area (Å²) in [5.74, 6) is 0.937. The molecule has 2 unspecified atom stereocenters. The third-order valence-electron chi connectivity index (χ3n) is 5.83. The zero-order valence-electron chi connectivity index (χ0n) is 20.3. The van der Waals surface area contributed by atoms with E-state index in [0.29, 0.717) is 6.54 Å². The van der Waals surface area contributed by atoms with Gasteiger partial charge in [-0.1, -0.05) is 25.2 Å². The third-order valence-corrected chi connectivity index (χ3v) is 5.83. The predicted octanol–water partition coefficient (Wildman–Crippen LogP) is 2.07. The van der Waals surface area contributed by atoms with E-state index in [1.54, 1.807) is 32.7 Å². The van der Waals surface area contributed by atoms with Crippen LogP contribution in [-0.2, 0) is 9.53 Å². The molecule has 0 saturated carbocycles. The van der Waals surface area contributed by atoms with Crippen LogP contribution in [0.1, 0.15) is 33.3 Å². The molecule has 0 aromatic carbocycles. The van der Waals surface area contributed by atoms with Crippen molar-refractivity contribution in [2.45, 2.75) is 33.3 Å². The molecule has 2 heterocycles. The molecule has 2 aliphatic rings. The SMILES string of the molecule is CC1C(c2cnc(N3CCNCC3)nc2)=CC=CC1CN(C)C(=O)CNC(=O)OC(C)(C)C. The second kappa shape index (κ2) is 10.8. The van der Waals surface area contributed by atoms with Gasteiger partial charge in [-0.25, -0.2) is 14.8 Å². The molecule has 1 aromatic rings. The van der Waals surface area contributed by atoms with Gasteiger partial charge < -0.3 is 25.2 Å². The highest BCUT2D eigenvalue weighted by Gasteiger charge is 2.26. The van der Waals surface area contributed by atoms with Crippen LogP contribution in [0.2, 0.25) is 0 Å². The van der Waals surface area contributed by atoms with Crippen molar-refractivity contribution in [3.63, 3.8) is 0 Å². The summed E-state index contributed by atoms with van der Waals surface area (Å²) in [6.45, 7) is 11.7. The number of hydrogen-bond donors (Lipinski definition) is 2. The topological polar surface area (TPSA) is 99.7 Å². The summed E-state index contributed by atoms with van der Waals surface area (Å²) in [6.07, 6.45) is 9.43. The fourth-order valence-corrected chi connectivity index (χ4v) is 3.94. The van der Waals surface area contributed by atoms with Gasteiger partial charge >= 0.3 is 6.09 Å². The molecule has 9 nitrogen and oxygen atoms in total. The van der Waals surface area contributed by atoms with E-state index >= 15 is 0 Å². The normalized spacial score (nSPS) is 20.8. The predicted molar refractivity (Wildman–Crippen MR) is 129 cm³/mol. The number of likely N-dealkylation sites (N-methyl/N-ethyl adjacent to an activating group) is 1. The molecule has 1 aliphatic carbocycles. The number of anilines is 1. The fourth-order valence-electron chi connectivity index (χ4n) is 3.94. The Kier molecular flexibility index (Phi) is 8.07. The summed E-state index contributed by atoms with van der Waals surface area (Å²) >= 11 is 0. The summed E-state index contributed by atoms with van der Waals surface area (Å²) in [6, 6.07) is 0. The summed E-state index contributed by atoms with van der Waals surface area (Å²) in [7, 11) is 1.75. The first-order valence-electron chi connectivity index (χ1n) is 11.5. The highest BCUT2D eigenvalue weighted by atomic mass is 16.6. The van der Waals surface area contributed by atoms with Gasteiger partial charge in [0.05, 0.1) is 0 Å². The van der Waals surface area contributed by atoms with Crippen molar-refractivity contribution in [1.82, 2.24) is 25.5 Å². The van der Waals surface area contributed by atoms with Gasteiger partial charge in [0.25, 0.3) is 0 Å². The van der Waals surface area contributed by atoms with E-state index in [1.807, 2.05) is 18.5 Å². The van der Waals surface area contributed by atoms with E-state index in [4.69, 9.17) is 4.74 Å². The molecule has 2 amide bonds. The summed E-state index contributed by atoms with van der Waals surface area (Å²) in [5.41, 5.74) is 1.55. The largest absolute Gasteiger partial charge is 0.444 e. The molecule has 180 valence electrons. The molecule has 1 aromatic heterocycles. The average molecular weight is 457 g/mol. The number of carbonyl (C=O) groups is 2. The lowest BCUT2D eigenvalue weighted by Gasteiger charge is -2.31. The van der Waals surface area contributed by atoms with Crippen LogP contribution in [0, 0.1) is 11.8 Å². The van der Waals surface area contributed by atoms with E-state index in [1.165, 1.54) is 0 Å². The highest BCUT2D eigenvalue weighted by molar-refractivity contribution is 5.82. The molecule has 1 fully saturated rings. The molecule has 33 heavy (non-hydrogen) atoms. The number of allylic oxidation sites excluding steroid dienone is 3. The van der Waals surface area contributed by atoms with Crippen LogP contribution < -0.4 is 15.5 Å². The Morgan fingerprint density at radius 2 is 1.91 bits per heavy atom. The number of aromatic nitrogens is 2. The molecule has 9 heteroatoms. The second-order valence-electron chi connectivity index (χ2n) is 9.60. The zero-order chi connectivity index (χ0) is 24.0. The summed E-state index contributed by atoms with van der Waals surface area (Å²) in [5, 5.41) is 5.86. The van der Waals surface area contributed by atoms with Crippen LogP contribution in [0.15, 0.2) is 30.6 Å². The van der Waals surface area contributed by atoms with Gasteiger partial charge in [0.15, 0.2) is 0 Å². The highest BCUT2D eigenvalue weighted by Crippen LogP contribution is 2.33. The number of hydrogen-bond acceptors (Lipinski definition) is 7. The smallest absolute Gasteiger partial charge is 0.408 e.